The topological polar surface area (TPSA) is 44.8 Å². The minimum atomic E-state index is -5.03. The molecule has 2 aromatic carbocycles. The lowest BCUT2D eigenvalue weighted by Crippen LogP contribution is -2.56. The van der Waals surface area contributed by atoms with Crippen molar-refractivity contribution in [3.8, 4) is 0 Å². The van der Waals surface area contributed by atoms with E-state index >= 15 is 0 Å². The lowest BCUT2D eigenvalue weighted by molar-refractivity contribution is -0.143. The van der Waals surface area contributed by atoms with E-state index in [2.05, 4.69) is 10.2 Å². The van der Waals surface area contributed by atoms with Crippen molar-refractivity contribution in [2.24, 2.45) is 0 Å². The third-order valence-electron chi connectivity index (χ3n) is 7.39. The van der Waals surface area contributed by atoms with Crippen molar-refractivity contribution in [2.75, 3.05) is 45.9 Å². The Morgan fingerprint density at radius 3 is 2.30 bits per heavy atom. The predicted molar refractivity (Wildman–Crippen MR) is 139 cm³/mol. The monoisotopic (exact) mass is 569 g/mol. The highest BCUT2D eigenvalue weighted by Crippen LogP contribution is 2.37. The molecule has 0 saturated carbocycles. The molecule has 0 unspecified atom stereocenters. The van der Waals surface area contributed by atoms with Crippen molar-refractivity contribution < 1.29 is 35.9 Å². The zero-order valence-electron chi connectivity index (χ0n) is 22.4. The summed E-state index contributed by atoms with van der Waals surface area (Å²) in [6, 6.07) is 6.62. The molecular weight excluding hydrogens is 536 g/mol. The molecule has 11 heteroatoms. The van der Waals surface area contributed by atoms with Gasteiger partial charge in [0.05, 0.1) is 24.3 Å². The Labute approximate surface area is 229 Å². The Balaban J connectivity index is 1.59. The third-order valence-corrected chi connectivity index (χ3v) is 7.39. The number of alkyl halides is 6. The van der Waals surface area contributed by atoms with Gasteiger partial charge >= 0.3 is 12.4 Å². The lowest BCUT2D eigenvalue weighted by atomic mass is 9.97. The Kier molecular flexibility index (Phi) is 9.26. The molecule has 2 saturated heterocycles. The van der Waals surface area contributed by atoms with Crippen LogP contribution >= 0.6 is 0 Å². The average Bonchev–Trinajstić information content (AvgIpc) is 2.90. The first-order valence-electron chi connectivity index (χ1n) is 13.2. The molecule has 0 spiro atoms. The van der Waals surface area contributed by atoms with Gasteiger partial charge in [-0.2, -0.15) is 26.3 Å². The van der Waals surface area contributed by atoms with Gasteiger partial charge in [-0.05, 0) is 55.2 Å². The zero-order valence-corrected chi connectivity index (χ0v) is 22.4. The van der Waals surface area contributed by atoms with Gasteiger partial charge in [0.15, 0.2) is 0 Å². The average molecular weight is 570 g/mol. The zero-order chi connectivity index (χ0) is 29.1. The quantitative estimate of drug-likeness (QED) is 0.381. The van der Waals surface area contributed by atoms with Crippen LogP contribution in [0.15, 0.2) is 48.6 Å². The van der Waals surface area contributed by atoms with Crippen molar-refractivity contribution in [1.82, 2.24) is 15.1 Å². The van der Waals surface area contributed by atoms with Crippen LogP contribution in [0, 0.1) is 13.8 Å². The third kappa shape index (κ3) is 7.64. The molecular formula is C29H33F6N3O2. The van der Waals surface area contributed by atoms with Crippen LogP contribution in [0.25, 0.3) is 0 Å². The van der Waals surface area contributed by atoms with Gasteiger partial charge in [-0.15, -0.1) is 0 Å². The van der Waals surface area contributed by atoms with E-state index in [0.717, 1.165) is 23.2 Å². The summed E-state index contributed by atoms with van der Waals surface area (Å²) in [4.78, 5) is 17.1. The van der Waals surface area contributed by atoms with Crippen LogP contribution in [0.1, 0.15) is 38.2 Å². The Bertz CT molecular complexity index is 1190. The maximum absolute atomic E-state index is 13.5. The molecule has 2 heterocycles. The number of morpholine rings is 1. The van der Waals surface area contributed by atoms with Gasteiger partial charge in [-0.1, -0.05) is 30.4 Å². The summed E-state index contributed by atoms with van der Waals surface area (Å²) < 4.78 is 86.2. The minimum Gasteiger partial charge on any atom is -0.378 e. The van der Waals surface area contributed by atoms with E-state index in [4.69, 9.17) is 4.74 Å². The van der Waals surface area contributed by atoms with Crippen LogP contribution in [0.2, 0.25) is 0 Å². The number of piperazine rings is 1. The molecule has 2 fully saturated rings. The van der Waals surface area contributed by atoms with Gasteiger partial charge in [-0.25, -0.2) is 0 Å². The minimum absolute atomic E-state index is 0.0415. The fourth-order valence-corrected chi connectivity index (χ4v) is 5.06. The van der Waals surface area contributed by atoms with Crippen molar-refractivity contribution in [2.45, 2.75) is 44.7 Å². The molecule has 0 aromatic heterocycles. The second kappa shape index (κ2) is 12.3. The molecule has 2 aliphatic rings. The van der Waals surface area contributed by atoms with Crippen LogP contribution in [-0.2, 0) is 23.5 Å². The Morgan fingerprint density at radius 1 is 1.00 bits per heavy atom. The van der Waals surface area contributed by atoms with Gasteiger partial charge in [0.25, 0.3) is 5.91 Å². The number of benzene rings is 2. The summed E-state index contributed by atoms with van der Waals surface area (Å²) in [6.45, 7) is 7.55. The van der Waals surface area contributed by atoms with E-state index in [-0.39, 0.29) is 18.7 Å². The number of nitrogens with one attached hydrogen (secondary N) is 1. The molecule has 1 N–H and O–H groups in total. The van der Waals surface area contributed by atoms with E-state index in [9.17, 15) is 31.1 Å². The molecule has 4 rings (SSSR count). The number of halogens is 6. The number of rotatable bonds is 6. The summed E-state index contributed by atoms with van der Waals surface area (Å²) in [7, 11) is 0. The summed E-state index contributed by atoms with van der Waals surface area (Å²) in [5.74, 6) is -0.843. The highest BCUT2D eigenvalue weighted by Gasteiger charge is 2.39. The summed E-state index contributed by atoms with van der Waals surface area (Å²) >= 11 is 0. The normalized spacial score (nSPS) is 21.2. The highest BCUT2D eigenvalue weighted by molar-refractivity contribution is 5.95. The van der Waals surface area contributed by atoms with Crippen LogP contribution in [0.3, 0.4) is 0 Å². The van der Waals surface area contributed by atoms with Gasteiger partial charge in [-0.3, -0.25) is 9.69 Å². The first-order chi connectivity index (χ1) is 18.8. The first kappa shape index (κ1) is 30.1. The Morgan fingerprint density at radius 2 is 1.70 bits per heavy atom. The molecule has 40 heavy (non-hydrogen) atoms. The summed E-state index contributed by atoms with van der Waals surface area (Å²) in [5.41, 5.74) is -0.534. The highest BCUT2D eigenvalue weighted by atomic mass is 19.4. The standard InChI is InChI=1S/C29H33F6N3O2/c1-19-5-6-21(12-20(19)2)13-26-17-37(8-3-4-25-18-40-11-7-36-25)9-10-38(26)27(39)22-14-23(28(30,31)32)16-24(15-22)29(33,34)35/h3-6,12,14-16,25-26,36H,7-11,13,17-18H2,1-2H3/b4-3+/t25-,26-/m1/s1. The smallest absolute Gasteiger partial charge is 0.378 e. The number of ether oxygens (including phenoxy) is 1. The maximum Gasteiger partial charge on any atom is 0.416 e. The van der Waals surface area contributed by atoms with E-state index in [1.165, 1.54) is 4.90 Å². The molecule has 0 bridgehead atoms. The van der Waals surface area contributed by atoms with Gasteiger partial charge in [0, 0.05) is 50.4 Å². The maximum atomic E-state index is 13.5. The number of carbonyl (C=O) groups is 1. The lowest BCUT2D eigenvalue weighted by Gasteiger charge is -2.41. The van der Waals surface area contributed by atoms with Crippen molar-refractivity contribution in [3.63, 3.8) is 0 Å². The van der Waals surface area contributed by atoms with E-state index in [0.29, 0.717) is 51.4 Å². The fraction of sp³-hybridized carbons (Fsp3) is 0.483. The molecule has 5 nitrogen and oxygen atoms in total. The Hall–Kier alpha value is -2.89. The number of aryl methyl sites for hydroxylation is 2. The number of carbonyl (C=O) groups excluding carboxylic acids is 1. The molecule has 2 aliphatic heterocycles. The van der Waals surface area contributed by atoms with Gasteiger partial charge in [0.1, 0.15) is 0 Å². The second-order valence-electron chi connectivity index (χ2n) is 10.4. The predicted octanol–water partition coefficient (Wildman–Crippen LogP) is 5.25. The van der Waals surface area contributed by atoms with Crippen LogP contribution in [0.5, 0.6) is 0 Å². The van der Waals surface area contributed by atoms with E-state index in [1.807, 2.05) is 44.2 Å². The number of nitrogens with zero attached hydrogens (tertiary/aromatic N) is 2. The SMILES string of the molecule is Cc1ccc(C[C@@H]2CN(C/C=C/[C@@H]3COCCN3)CCN2C(=O)c2cc(C(F)(F)F)cc(C(F)(F)F)c2)cc1C. The van der Waals surface area contributed by atoms with E-state index < -0.39 is 41.0 Å². The molecule has 2 aromatic rings. The largest absolute Gasteiger partial charge is 0.416 e. The second-order valence-corrected chi connectivity index (χ2v) is 10.4. The van der Waals surface area contributed by atoms with Gasteiger partial charge < -0.3 is 15.0 Å². The van der Waals surface area contributed by atoms with Gasteiger partial charge in [0.2, 0.25) is 0 Å². The van der Waals surface area contributed by atoms with Crippen LogP contribution < -0.4 is 5.32 Å². The summed E-state index contributed by atoms with van der Waals surface area (Å²) in [5, 5.41) is 3.34. The molecule has 0 aliphatic carbocycles. The number of hydrogen-bond donors (Lipinski definition) is 1. The van der Waals surface area contributed by atoms with Crippen molar-refractivity contribution in [1.29, 1.82) is 0 Å². The van der Waals surface area contributed by atoms with E-state index in [1.54, 1.807) is 0 Å². The fourth-order valence-electron chi connectivity index (χ4n) is 5.06. The molecule has 1 amide bonds. The first-order valence-corrected chi connectivity index (χ1v) is 13.2. The number of amides is 1. The molecule has 0 radical (unpaired) electrons. The summed E-state index contributed by atoms with van der Waals surface area (Å²) in [6.07, 6.45) is -5.61. The molecule has 218 valence electrons. The van der Waals surface area contributed by atoms with Crippen LogP contribution in [-0.4, -0.2) is 73.7 Å². The van der Waals surface area contributed by atoms with Crippen molar-refractivity contribution >= 4 is 5.91 Å². The van der Waals surface area contributed by atoms with Crippen molar-refractivity contribution in [3.05, 3.63) is 81.9 Å². The molecule has 2 atom stereocenters. The van der Waals surface area contributed by atoms with Crippen LogP contribution in [0.4, 0.5) is 26.3 Å². The number of hydrogen-bond acceptors (Lipinski definition) is 4.